The topological polar surface area (TPSA) is 81.1 Å². The number of halogens is 1. The van der Waals surface area contributed by atoms with Crippen molar-refractivity contribution in [3.63, 3.8) is 0 Å². The average Bonchev–Trinajstić information content (AvgIpc) is 3.35. The van der Waals surface area contributed by atoms with E-state index in [1.807, 2.05) is 12.1 Å². The molecule has 0 atom stereocenters. The second kappa shape index (κ2) is 8.19. The number of amides is 1. The second-order valence-corrected chi connectivity index (χ2v) is 7.64. The first-order chi connectivity index (χ1) is 15.2. The lowest BCUT2D eigenvalue weighted by Gasteiger charge is -2.29. The molecule has 0 N–H and O–H groups in total. The Kier molecular flexibility index (Phi) is 5.09. The first-order valence-electron chi connectivity index (χ1n) is 9.58. The summed E-state index contributed by atoms with van der Waals surface area (Å²) >= 11 is 1.38. The molecule has 0 saturated carbocycles. The van der Waals surface area contributed by atoms with Crippen LogP contribution in [0.1, 0.15) is 21.7 Å². The summed E-state index contributed by atoms with van der Waals surface area (Å²) in [4.78, 5) is 32.1. The van der Waals surface area contributed by atoms with Gasteiger partial charge in [-0.3, -0.25) is 9.78 Å². The van der Waals surface area contributed by atoms with E-state index in [9.17, 15) is 9.18 Å². The van der Waals surface area contributed by atoms with Gasteiger partial charge in [-0.15, -0.1) is 11.3 Å². The highest BCUT2D eigenvalue weighted by atomic mass is 32.1. The third-order valence-electron chi connectivity index (χ3n) is 4.91. The molecule has 7 nitrogen and oxygen atoms in total. The Morgan fingerprint density at radius 3 is 2.77 bits per heavy atom. The summed E-state index contributed by atoms with van der Waals surface area (Å²) in [6.07, 6.45) is 3.92. The van der Waals surface area contributed by atoms with Crippen LogP contribution in [0.5, 0.6) is 11.6 Å². The highest BCUT2D eigenvalue weighted by molar-refractivity contribution is 7.07. The van der Waals surface area contributed by atoms with Crippen LogP contribution in [0.15, 0.2) is 59.7 Å². The van der Waals surface area contributed by atoms with Crippen molar-refractivity contribution in [3.05, 3.63) is 82.5 Å². The van der Waals surface area contributed by atoms with Crippen molar-refractivity contribution in [1.29, 1.82) is 0 Å². The van der Waals surface area contributed by atoms with Crippen LogP contribution in [0.4, 0.5) is 4.39 Å². The molecule has 3 aromatic heterocycles. The maximum Gasteiger partial charge on any atom is 0.273 e. The number of rotatable bonds is 4. The van der Waals surface area contributed by atoms with Crippen molar-refractivity contribution in [2.24, 2.45) is 0 Å². The number of thiazole rings is 1. The number of carbonyl (C=O) groups excluding carboxylic acids is 1. The third kappa shape index (κ3) is 3.99. The van der Waals surface area contributed by atoms with Crippen LogP contribution in [0.2, 0.25) is 0 Å². The molecule has 4 aromatic rings. The van der Waals surface area contributed by atoms with Crippen molar-refractivity contribution < 1.29 is 13.9 Å². The lowest BCUT2D eigenvalue weighted by Crippen LogP contribution is -2.37. The molecule has 1 aliphatic rings. The Balaban J connectivity index is 1.54. The zero-order valence-electron chi connectivity index (χ0n) is 16.2. The molecule has 0 unspecified atom stereocenters. The summed E-state index contributed by atoms with van der Waals surface area (Å²) in [6, 6.07) is 9.40. The number of carbonyl (C=O) groups is 1. The first-order valence-corrected chi connectivity index (χ1v) is 10.5. The summed E-state index contributed by atoms with van der Waals surface area (Å²) in [6.45, 7) is 0.818. The van der Waals surface area contributed by atoms with Gasteiger partial charge >= 0.3 is 0 Å². The molecule has 0 aliphatic carbocycles. The molecule has 9 heteroatoms. The fourth-order valence-corrected chi connectivity index (χ4v) is 3.89. The van der Waals surface area contributed by atoms with Crippen LogP contribution in [-0.4, -0.2) is 37.3 Å². The molecule has 4 heterocycles. The van der Waals surface area contributed by atoms with Crippen molar-refractivity contribution in [3.8, 4) is 23.0 Å². The lowest BCUT2D eigenvalue weighted by molar-refractivity contribution is 0.0727. The smallest absolute Gasteiger partial charge is 0.273 e. The van der Waals surface area contributed by atoms with E-state index in [4.69, 9.17) is 9.72 Å². The Labute approximate surface area is 181 Å². The standard InChI is InChI=1S/C22H16FN5O2S/c23-15-3-5-16(6-4-15)30-21-17-11-28(22(29)19-12-31-13-25-19)9-7-18(17)26-20(27-21)14-2-1-8-24-10-14/h1-6,8,10,12-13H,7,9,11H2. The third-order valence-corrected chi connectivity index (χ3v) is 5.50. The minimum absolute atomic E-state index is 0.143. The first kappa shape index (κ1) is 19.3. The van der Waals surface area contributed by atoms with Crippen LogP contribution < -0.4 is 4.74 Å². The van der Waals surface area contributed by atoms with Gasteiger partial charge in [0.25, 0.3) is 5.91 Å². The largest absolute Gasteiger partial charge is 0.439 e. The Morgan fingerprint density at radius 2 is 2.03 bits per heavy atom. The van der Waals surface area contributed by atoms with Gasteiger partial charge in [-0.1, -0.05) is 0 Å². The Morgan fingerprint density at radius 1 is 1.16 bits per heavy atom. The van der Waals surface area contributed by atoms with Gasteiger partial charge in [0.05, 0.1) is 23.3 Å². The van der Waals surface area contributed by atoms with E-state index in [1.165, 1.54) is 35.6 Å². The van der Waals surface area contributed by atoms with E-state index in [2.05, 4.69) is 15.0 Å². The number of hydrogen-bond acceptors (Lipinski definition) is 7. The van der Waals surface area contributed by atoms with Gasteiger partial charge in [0.2, 0.25) is 5.88 Å². The van der Waals surface area contributed by atoms with E-state index in [0.29, 0.717) is 42.7 Å². The van der Waals surface area contributed by atoms with Crippen LogP contribution in [0, 0.1) is 5.82 Å². The second-order valence-electron chi connectivity index (χ2n) is 6.93. The summed E-state index contributed by atoms with van der Waals surface area (Å²) in [7, 11) is 0. The zero-order chi connectivity index (χ0) is 21.2. The molecule has 0 radical (unpaired) electrons. The molecular formula is C22H16FN5O2S. The van der Waals surface area contributed by atoms with Gasteiger partial charge in [0.1, 0.15) is 17.3 Å². The summed E-state index contributed by atoms with van der Waals surface area (Å²) < 4.78 is 19.3. The van der Waals surface area contributed by atoms with Crippen LogP contribution in [0.3, 0.4) is 0 Å². The van der Waals surface area contributed by atoms with E-state index in [0.717, 1.165) is 16.8 Å². The highest BCUT2D eigenvalue weighted by Gasteiger charge is 2.28. The van der Waals surface area contributed by atoms with Gasteiger partial charge in [0, 0.05) is 36.3 Å². The van der Waals surface area contributed by atoms with Gasteiger partial charge in [0.15, 0.2) is 5.82 Å². The summed E-state index contributed by atoms with van der Waals surface area (Å²) in [5.41, 5.74) is 4.36. The van der Waals surface area contributed by atoms with Gasteiger partial charge < -0.3 is 9.64 Å². The molecule has 0 saturated heterocycles. The quantitative estimate of drug-likeness (QED) is 0.482. The summed E-state index contributed by atoms with van der Waals surface area (Å²) in [5.74, 6) is 0.779. The summed E-state index contributed by atoms with van der Waals surface area (Å²) in [5, 5.41) is 1.73. The number of pyridine rings is 1. The van der Waals surface area contributed by atoms with Crippen molar-refractivity contribution >= 4 is 17.2 Å². The molecule has 0 fully saturated rings. The molecule has 31 heavy (non-hydrogen) atoms. The molecule has 1 amide bonds. The predicted molar refractivity (Wildman–Crippen MR) is 112 cm³/mol. The molecule has 5 rings (SSSR count). The Bertz CT molecular complexity index is 1220. The molecular weight excluding hydrogens is 417 g/mol. The SMILES string of the molecule is O=C(c1cscn1)N1CCc2nc(-c3cccnc3)nc(Oc3ccc(F)cc3)c2C1. The maximum atomic E-state index is 13.3. The average molecular weight is 433 g/mol. The molecule has 154 valence electrons. The molecule has 1 aromatic carbocycles. The van der Waals surface area contributed by atoms with Crippen molar-refractivity contribution in [1.82, 2.24) is 24.8 Å². The van der Waals surface area contributed by atoms with Gasteiger partial charge in [-0.2, -0.15) is 4.98 Å². The van der Waals surface area contributed by atoms with Crippen LogP contribution in [0.25, 0.3) is 11.4 Å². The molecule has 0 spiro atoms. The minimum Gasteiger partial charge on any atom is -0.439 e. The Hall–Kier alpha value is -3.72. The number of fused-ring (bicyclic) bond motifs is 1. The monoisotopic (exact) mass is 433 g/mol. The minimum atomic E-state index is -0.354. The molecule has 0 bridgehead atoms. The number of aromatic nitrogens is 4. The van der Waals surface area contributed by atoms with Gasteiger partial charge in [-0.05, 0) is 36.4 Å². The van der Waals surface area contributed by atoms with Crippen molar-refractivity contribution in [2.75, 3.05) is 6.54 Å². The van der Waals surface area contributed by atoms with Crippen LogP contribution >= 0.6 is 11.3 Å². The van der Waals surface area contributed by atoms with Crippen LogP contribution in [-0.2, 0) is 13.0 Å². The maximum absolute atomic E-state index is 13.3. The predicted octanol–water partition coefficient (Wildman–Crippen LogP) is 4.13. The van der Waals surface area contributed by atoms with E-state index in [1.54, 1.807) is 28.2 Å². The van der Waals surface area contributed by atoms with E-state index in [-0.39, 0.29) is 11.7 Å². The molecule has 1 aliphatic heterocycles. The van der Waals surface area contributed by atoms with Crippen molar-refractivity contribution in [2.45, 2.75) is 13.0 Å². The van der Waals surface area contributed by atoms with Gasteiger partial charge in [-0.25, -0.2) is 14.4 Å². The fourth-order valence-electron chi connectivity index (χ4n) is 3.36. The number of benzene rings is 1. The van der Waals surface area contributed by atoms with E-state index < -0.39 is 0 Å². The number of nitrogens with zero attached hydrogens (tertiary/aromatic N) is 5. The number of hydrogen-bond donors (Lipinski definition) is 0. The number of ether oxygens (including phenoxy) is 1. The highest BCUT2D eigenvalue weighted by Crippen LogP contribution is 2.32. The fraction of sp³-hybridized carbons (Fsp3) is 0.136. The normalized spacial score (nSPS) is 13.0. The zero-order valence-corrected chi connectivity index (χ0v) is 17.1. The van der Waals surface area contributed by atoms with E-state index >= 15 is 0 Å². The lowest BCUT2D eigenvalue weighted by atomic mass is 10.1.